The normalized spacial score (nSPS) is 26.8. The van der Waals surface area contributed by atoms with E-state index in [1.807, 2.05) is 0 Å². The van der Waals surface area contributed by atoms with E-state index in [1.54, 1.807) is 0 Å². The molecule has 0 aliphatic heterocycles. The SMILES string of the molecule is CCOC1CCC(OCCCCBr)CC1. The molecule has 1 fully saturated rings. The van der Waals surface area contributed by atoms with Crippen molar-refractivity contribution < 1.29 is 9.47 Å². The molecule has 0 saturated heterocycles. The van der Waals surface area contributed by atoms with Gasteiger partial charge in [-0.2, -0.15) is 0 Å². The molecule has 0 aromatic rings. The molecule has 0 amide bonds. The third kappa shape index (κ3) is 5.88. The summed E-state index contributed by atoms with van der Waals surface area (Å²) in [5.74, 6) is 0. The second-order valence-corrected chi connectivity index (χ2v) is 4.91. The summed E-state index contributed by atoms with van der Waals surface area (Å²) in [5.41, 5.74) is 0. The minimum Gasteiger partial charge on any atom is -0.379 e. The van der Waals surface area contributed by atoms with Crippen molar-refractivity contribution in [3.8, 4) is 0 Å². The van der Waals surface area contributed by atoms with Gasteiger partial charge in [0.2, 0.25) is 0 Å². The first-order valence-electron chi connectivity index (χ1n) is 6.16. The van der Waals surface area contributed by atoms with Crippen molar-refractivity contribution in [2.45, 2.75) is 57.7 Å². The second kappa shape index (κ2) is 8.54. The fourth-order valence-corrected chi connectivity index (χ4v) is 2.44. The van der Waals surface area contributed by atoms with Crippen molar-refractivity contribution in [2.24, 2.45) is 0 Å². The number of hydrogen-bond acceptors (Lipinski definition) is 2. The van der Waals surface area contributed by atoms with Crippen molar-refractivity contribution in [3.63, 3.8) is 0 Å². The molecule has 0 aromatic heterocycles. The second-order valence-electron chi connectivity index (χ2n) is 4.12. The van der Waals surface area contributed by atoms with Gasteiger partial charge < -0.3 is 9.47 Å². The van der Waals surface area contributed by atoms with Crippen LogP contribution in [-0.4, -0.2) is 30.8 Å². The minimum absolute atomic E-state index is 0.497. The lowest BCUT2D eigenvalue weighted by Gasteiger charge is -2.28. The average molecular weight is 279 g/mol. The summed E-state index contributed by atoms with van der Waals surface area (Å²) < 4.78 is 11.4. The maximum absolute atomic E-state index is 5.84. The molecule has 0 unspecified atom stereocenters. The van der Waals surface area contributed by atoms with Crippen LogP contribution in [0, 0.1) is 0 Å². The van der Waals surface area contributed by atoms with Crippen LogP contribution in [0.5, 0.6) is 0 Å². The van der Waals surface area contributed by atoms with Gasteiger partial charge >= 0.3 is 0 Å². The fourth-order valence-electron chi connectivity index (χ4n) is 2.05. The zero-order chi connectivity index (χ0) is 10.9. The van der Waals surface area contributed by atoms with Gasteiger partial charge in [0.25, 0.3) is 0 Å². The number of halogens is 1. The molecule has 1 aliphatic rings. The van der Waals surface area contributed by atoms with Crippen molar-refractivity contribution in [1.29, 1.82) is 0 Å². The van der Waals surface area contributed by atoms with Gasteiger partial charge in [0.05, 0.1) is 12.2 Å². The lowest BCUT2D eigenvalue weighted by atomic mass is 9.95. The largest absolute Gasteiger partial charge is 0.379 e. The summed E-state index contributed by atoms with van der Waals surface area (Å²) in [6, 6.07) is 0. The van der Waals surface area contributed by atoms with Crippen molar-refractivity contribution in [1.82, 2.24) is 0 Å². The van der Waals surface area contributed by atoms with Crippen LogP contribution in [0.15, 0.2) is 0 Å². The van der Waals surface area contributed by atoms with Gasteiger partial charge in [0.15, 0.2) is 0 Å². The Morgan fingerprint density at radius 3 is 2.13 bits per heavy atom. The Labute approximate surface area is 102 Å². The summed E-state index contributed by atoms with van der Waals surface area (Å²) >= 11 is 3.43. The Bertz CT molecular complexity index is 142. The molecule has 1 rings (SSSR count). The average Bonchev–Trinajstić information content (AvgIpc) is 2.27. The Hall–Kier alpha value is 0.400. The highest BCUT2D eigenvalue weighted by atomic mass is 79.9. The number of hydrogen-bond donors (Lipinski definition) is 0. The summed E-state index contributed by atoms with van der Waals surface area (Å²) in [6.45, 7) is 3.85. The smallest absolute Gasteiger partial charge is 0.0577 e. The van der Waals surface area contributed by atoms with E-state index in [1.165, 1.54) is 38.5 Å². The van der Waals surface area contributed by atoms with E-state index < -0.39 is 0 Å². The van der Waals surface area contributed by atoms with Gasteiger partial charge in [-0.25, -0.2) is 0 Å². The van der Waals surface area contributed by atoms with E-state index >= 15 is 0 Å². The number of unbranched alkanes of at least 4 members (excludes halogenated alkanes) is 1. The lowest BCUT2D eigenvalue weighted by Crippen LogP contribution is -2.26. The topological polar surface area (TPSA) is 18.5 Å². The van der Waals surface area contributed by atoms with E-state index in [2.05, 4.69) is 22.9 Å². The molecule has 0 aromatic carbocycles. The first kappa shape index (κ1) is 13.5. The molecule has 0 spiro atoms. The van der Waals surface area contributed by atoms with Gasteiger partial charge in [-0.15, -0.1) is 0 Å². The highest BCUT2D eigenvalue weighted by Gasteiger charge is 2.21. The molecule has 3 heteroatoms. The highest BCUT2D eigenvalue weighted by Crippen LogP contribution is 2.23. The van der Waals surface area contributed by atoms with Crippen molar-refractivity contribution in [2.75, 3.05) is 18.5 Å². The molecule has 0 heterocycles. The number of rotatable bonds is 7. The summed E-state index contributed by atoms with van der Waals surface area (Å²) in [6.07, 6.45) is 8.10. The third-order valence-electron chi connectivity index (χ3n) is 2.91. The standard InChI is InChI=1S/C12H23BrO2/c1-2-14-11-5-7-12(8-6-11)15-10-4-3-9-13/h11-12H,2-10H2,1H3. The maximum atomic E-state index is 5.84. The van der Waals surface area contributed by atoms with Crippen LogP contribution in [0.1, 0.15) is 45.4 Å². The Morgan fingerprint density at radius 1 is 1.00 bits per heavy atom. The zero-order valence-electron chi connectivity index (χ0n) is 9.71. The van der Waals surface area contributed by atoms with Gasteiger partial charge in [-0.05, 0) is 45.4 Å². The van der Waals surface area contributed by atoms with Crippen molar-refractivity contribution >= 4 is 15.9 Å². The van der Waals surface area contributed by atoms with Crippen LogP contribution in [0.3, 0.4) is 0 Å². The summed E-state index contributed by atoms with van der Waals surface area (Å²) in [4.78, 5) is 0. The summed E-state index contributed by atoms with van der Waals surface area (Å²) in [7, 11) is 0. The molecule has 0 radical (unpaired) electrons. The summed E-state index contributed by atoms with van der Waals surface area (Å²) in [5, 5.41) is 1.09. The van der Waals surface area contributed by atoms with E-state index in [9.17, 15) is 0 Å². The van der Waals surface area contributed by atoms with E-state index in [0.29, 0.717) is 12.2 Å². The molecule has 15 heavy (non-hydrogen) atoms. The third-order valence-corrected chi connectivity index (χ3v) is 3.47. The highest BCUT2D eigenvalue weighted by molar-refractivity contribution is 9.09. The first-order valence-corrected chi connectivity index (χ1v) is 7.28. The molecule has 0 atom stereocenters. The van der Waals surface area contributed by atoms with Crippen LogP contribution >= 0.6 is 15.9 Å². The number of ether oxygens (including phenoxy) is 2. The predicted molar refractivity (Wildman–Crippen MR) is 66.7 cm³/mol. The molecule has 1 saturated carbocycles. The van der Waals surface area contributed by atoms with Crippen LogP contribution in [0.25, 0.3) is 0 Å². The maximum Gasteiger partial charge on any atom is 0.0577 e. The predicted octanol–water partition coefficient (Wildman–Crippen LogP) is 3.53. The zero-order valence-corrected chi connectivity index (χ0v) is 11.3. The van der Waals surface area contributed by atoms with E-state index in [4.69, 9.17) is 9.47 Å². The van der Waals surface area contributed by atoms with Gasteiger partial charge in [0.1, 0.15) is 0 Å². The Kier molecular flexibility index (Phi) is 7.67. The van der Waals surface area contributed by atoms with Gasteiger partial charge in [0, 0.05) is 18.5 Å². The molecule has 0 bridgehead atoms. The Morgan fingerprint density at radius 2 is 1.60 bits per heavy atom. The van der Waals surface area contributed by atoms with Crippen LogP contribution in [0.2, 0.25) is 0 Å². The molecule has 0 N–H and O–H groups in total. The molecule has 1 aliphatic carbocycles. The first-order chi connectivity index (χ1) is 7.36. The lowest BCUT2D eigenvalue weighted by molar-refractivity contribution is -0.0284. The number of alkyl halides is 1. The van der Waals surface area contributed by atoms with E-state index in [0.717, 1.165) is 18.5 Å². The van der Waals surface area contributed by atoms with Crippen molar-refractivity contribution in [3.05, 3.63) is 0 Å². The van der Waals surface area contributed by atoms with Gasteiger partial charge in [-0.1, -0.05) is 15.9 Å². The quantitative estimate of drug-likeness (QED) is 0.524. The molecule has 90 valence electrons. The van der Waals surface area contributed by atoms with E-state index in [-0.39, 0.29) is 0 Å². The molecule has 2 nitrogen and oxygen atoms in total. The van der Waals surface area contributed by atoms with Crippen LogP contribution < -0.4 is 0 Å². The van der Waals surface area contributed by atoms with Crippen LogP contribution in [0.4, 0.5) is 0 Å². The Balaban J connectivity index is 1.99. The minimum atomic E-state index is 0.497. The monoisotopic (exact) mass is 278 g/mol. The molecular formula is C12H23BrO2. The van der Waals surface area contributed by atoms with Gasteiger partial charge in [-0.3, -0.25) is 0 Å². The molecular weight excluding hydrogens is 256 g/mol. The fraction of sp³-hybridized carbons (Fsp3) is 1.00. The van der Waals surface area contributed by atoms with Crippen LogP contribution in [-0.2, 0) is 9.47 Å².